The molecule has 140 valence electrons. The summed E-state index contributed by atoms with van der Waals surface area (Å²) in [5.41, 5.74) is 1.99. The van der Waals surface area contributed by atoms with Crippen molar-refractivity contribution in [3.63, 3.8) is 0 Å². The molecule has 2 aromatic heterocycles. The van der Waals surface area contributed by atoms with Gasteiger partial charge >= 0.3 is 6.03 Å². The molecular weight excluding hydrogens is 342 g/mol. The summed E-state index contributed by atoms with van der Waals surface area (Å²) in [4.78, 5) is 22.5. The molecule has 27 heavy (non-hydrogen) atoms. The number of phenolic OH excluding ortho intramolecular Hbond substituents is 1. The highest BCUT2D eigenvalue weighted by molar-refractivity contribution is 5.74. The molecule has 2 amide bonds. The molecule has 2 N–H and O–H groups in total. The molecule has 0 aliphatic heterocycles. The minimum Gasteiger partial charge on any atom is -0.508 e. The van der Waals surface area contributed by atoms with E-state index in [-0.39, 0.29) is 17.8 Å². The Bertz CT molecular complexity index is 860. The maximum absolute atomic E-state index is 12.4. The second kappa shape index (κ2) is 8.35. The van der Waals surface area contributed by atoms with Gasteiger partial charge in [0.25, 0.3) is 0 Å². The molecule has 1 aromatic carbocycles. The third-order valence-electron chi connectivity index (χ3n) is 4.47. The molecule has 0 fully saturated rings. The smallest absolute Gasteiger partial charge is 0.317 e. The van der Waals surface area contributed by atoms with Crippen LogP contribution in [-0.2, 0) is 13.0 Å². The molecule has 0 aliphatic carbocycles. The number of urea groups is 1. The zero-order chi connectivity index (χ0) is 19.2. The van der Waals surface area contributed by atoms with Gasteiger partial charge in [-0.3, -0.25) is 4.57 Å². The average Bonchev–Trinajstić information content (AvgIpc) is 3.22. The van der Waals surface area contributed by atoms with E-state index in [0.29, 0.717) is 13.0 Å². The summed E-state index contributed by atoms with van der Waals surface area (Å²) in [6.07, 6.45) is 7.67. The van der Waals surface area contributed by atoms with Gasteiger partial charge in [-0.25, -0.2) is 14.8 Å². The van der Waals surface area contributed by atoms with E-state index in [0.717, 1.165) is 16.9 Å². The summed E-state index contributed by atoms with van der Waals surface area (Å²) in [7, 11) is 1.78. The molecule has 7 heteroatoms. The van der Waals surface area contributed by atoms with E-state index in [2.05, 4.69) is 15.3 Å². The first kappa shape index (κ1) is 18.4. The number of hydrogen-bond acceptors (Lipinski definition) is 4. The first-order valence-corrected chi connectivity index (χ1v) is 8.75. The number of nitrogens with zero attached hydrogens (tertiary/aromatic N) is 4. The van der Waals surface area contributed by atoms with Crippen molar-refractivity contribution < 1.29 is 9.90 Å². The van der Waals surface area contributed by atoms with Crippen LogP contribution < -0.4 is 5.32 Å². The summed E-state index contributed by atoms with van der Waals surface area (Å²) in [6, 6.07) is 10.8. The maximum atomic E-state index is 12.4. The number of nitrogens with one attached hydrogen (secondary N) is 1. The average molecular weight is 365 g/mol. The van der Waals surface area contributed by atoms with E-state index in [9.17, 15) is 9.90 Å². The minimum absolute atomic E-state index is 0.0243. The van der Waals surface area contributed by atoms with Gasteiger partial charge in [-0.1, -0.05) is 18.2 Å². The van der Waals surface area contributed by atoms with Crippen molar-refractivity contribution in [2.45, 2.75) is 25.9 Å². The molecule has 1 atom stereocenters. The van der Waals surface area contributed by atoms with Crippen molar-refractivity contribution >= 4 is 6.03 Å². The van der Waals surface area contributed by atoms with Crippen LogP contribution in [-0.4, -0.2) is 43.7 Å². The maximum Gasteiger partial charge on any atom is 0.317 e. The molecule has 2 heterocycles. The summed E-state index contributed by atoms with van der Waals surface area (Å²) >= 11 is 0. The van der Waals surface area contributed by atoms with Gasteiger partial charge in [0.2, 0.25) is 0 Å². The topological polar surface area (TPSA) is 83.3 Å². The number of amides is 2. The fraction of sp³-hybridized carbons (Fsp3) is 0.250. The van der Waals surface area contributed by atoms with E-state index in [4.69, 9.17) is 0 Å². The molecule has 1 unspecified atom stereocenters. The number of hydrogen-bond donors (Lipinski definition) is 2. The van der Waals surface area contributed by atoms with Gasteiger partial charge in [0.05, 0.1) is 0 Å². The van der Waals surface area contributed by atoms with Crippen molar-refractivity contribution in [1.29, 1.82) is 0 Å². The second-order valence-corrected chi connectivity index (χ2v) is 6.48. The summed E-state index contributed by atoms with van der Waals surface area (Å²) < 4.78 is 1.82. The Balaban J connectivity index is 1.51. The Labute approximate surface area is 158 Å². The normalized spacial score (nSPS) is 11.8. The number of benzene rings is 1. The van der Waals surface area contributed by atoms with Crippen LogP contribution in [0.3, 0.4) is 0 Å². The lowest BCUT2D eigenvalue weighted by Gasteiger charge is -2.25. The highest BCUT2D eigenvalue weighted by Gasteiger charge is 2.16. The fourth-order valence-corrected chi connectivity index (χ4v) is 2.68. The predicted molar refractivity (Wildman–Crippen MR) is 103 cm³/mol. The quantitative estimate of drug-likeness (QED) is 0.704. The van der Waals surface area contributed by atoms with Gasteiger partial charge in [0.1, 0.15) is 17.9 Å². The lowest BCUT2D eigenvalue weighted by Crippen LogP contribution is -2.43. The molecule has 0 saturated carbocycles. The van der Waals surface area contributed by atoms with E-state index < -0.39 is 0 Å². The molecule has 0 spiro atoms. The van der Waals surface area contributed by atoms with Crippen molar-refractivity contribution in [3.05, 3.63) is 72.4 Å². The lowest BCUT2D eigenvalue weighted by molar-refractivity contribution is 0.193. The highest BCUT2D eigenvalue weighted by atomic mass is 16.3. The van der Waals surface area contributed by atoms with Crippen molar-refractivity contribution in [2.75, 3.05) is 7.05 Å². The van der Waals surface area contributed by atoms with Crippen molar-refractivity contribution in [3.8, 4) is 11.6 Å². The van der Waals surface area contributed by atoms with E-state index in [1.807, 2.05) is 42.0 Å². The Kier molecular flexibility index (Phi) is 5.71. The predicted octanol–water partition coefficient (Wildman–Crippen LogP) is 2.75. The number of imidazole rings is 1. The lowest BCUT2D eigenvalue weighted by atomic mass is 10.1. The molecule has 3 aromatic rings. The SMILES string of the molecule is CC(Cc1ccc(O)cc1)N(C)C(=O)NCc1ccc(-n2ccnc2)nc1. The molecule has 0 radical (unpaired) electrons. The van der Waals surface area contributed by atoms with Crippen LogP contribution in [0.15, 0.2) is 61.3 Å². The fourth-order valence-electron chi connectivity index (χ4n) is 2.68. The summed E-state index contributed by atoms with van der Waals surface area (Å²) in [5, 5.41) is 12.3. The first-order chi connectivity index (χ1) is 13.0. The van der Waals surface area contributed by atoms with Crippen LogP contribution in [0, 0.1) is 0 Å². The van der Waals surface area contributed by atoms with Gasteiger partial charge in [-0.2, -0.15) is 0 Å². The Hall–Kier alpha value is -3.35. The zero-order valence-corrected chi connectivity index (χ0v) is 15.4. The Morgan fingerprint density at radius 2 is 1.96 bits per heavy atom. The Morgan fingerprint density at radius 1 is 1.22 bits per heavy atom. The van der Waals surface area contributed by atoms with Crippen LogP contribution in [0.25, 0.3) is 5.82 Å². The van der Waals surface area contributed by atoms with E-state index >= 15 is 0 Å². The van der Waals surface area contributed by atoms with Crippen LogP contribution in [0.2, 0.25) is 0 Å². The third-order valence-corrected chi connectivity index (χ3v) is 4.47. The molecule has 7 nitrogen and oxygen atoms in total. The number of rotatable bonds is 6. The largest absolute Gasteiger partial charge is 0.508 e. The van der Waals surface area contributed by atoms with Crippen LogP contribution in [0.4, 0.5) is 4.79 Å². The minimum atomic E-state index is -0.139. The van der Waals surface area contributed by atoms with Gasteiger partial charge < -0.3 is 15.3 Å². The zero-order valence-electron chi connectivity index (χ0n) is 15.4. The molecule has 3 rings (SSSR count). The van der Waals surface area contributed by atoms with Gasteiger partial charge in [0.15, 0.2) is 0 Å². The van der Waals surface area contributed by atoms with Gasteiger partial charge in [0, 0.05) is 38.2 Å². The van der Waals surface area contributed by atoms with Crippen molar-refractivity contribution in [2.24, 2.45) is 0 Å². The van der Waals surface area contributed by atoms with Crippen LogP contribution in [0.1, 0.15) is 18.1 Å². The number of likely N-dealkylation sites (N-methyl/N-ethyl adjacent to an activating group) is 1. The third kappa shape index (κ3) is 4.84. The highest BCUT2D eigenvalue weighted by Crippen LogP contribution is 2.13. The van der Waals surface area contributed by atoms with E-state index in [1.54, 1.807) is 42.8 Å². The summed E-state index contributed by atoms with van der Waals surface area (Å²) in [5.74, 6) is 1.02. The monoisotopic (exact) mass is 365 g/mol. The number of phenols is 1. The van der Waals surface area contributed by atoms with Crippen LogP contribution in [0.5, 0.6) is 5.75 Å². The number of carbonyl (C=O) groups is 1. The van der Waals surface area contributed by atoms with Crippen molar-refractivity contribution in [1.82, 2.24) is 24.8 Å². The standard InChI is InChI=1S/C20H23N5O2/c1-15(11-16-3-6-18(26)7-4-16)24(2)20(27)23-13-17-5-8-19(22-12-17)25-10-9-21-14-25/h3-10,12,14-15,26H,11,13H2,1-2H3,(H,23,27). The van der Waals surface area contributed by atoms with E-state index in [1.165, 1.54) is 0 Å². The molecule has 0 saturated heterocycles. The molecule has 0 bridgehead atoms. The number of carbonyl (C=O) groups excluding carboxylic acids is 1. The molecular formula is C20H23N5O2. The van der Waals surface area contributed by atoms with Gasteiger partial charge in [-0.05, 0) is 42.7 Å². The van der Waals surface area contributed by atoms with Gasteiger partial charge in [-0.15, -0.1) is 0 Å². The second-order valence-electron chi connectivity index (χ2n) is 6.48. The number of aromatic hydroxyl groups is 1. The molecule has 0 aliphatic rings. The number of aromatic nitrogens is 3. The first-order valence-electron chi connectivity index (χ1n) is 8.75. The van der Waals surface area contributed by atoms with Crippen LogP contribution >= 0.6 is 0 Å². The number of pyridine rings is 1. The summed E-state index contributed by atoms with van der Waals surface area (Å²) in [6.45, 7) is 2.40. The Morgan fingerprint density at radius 3 is 2.59 bits per heavy atom.